The predicted molar refractivity (Wildman–Crippen MR) is 52.7 cm³/mol. The zero-order valence-corrected chi connectivity index (χ0v) is 8.12. The summed E-state index contributed by atoms with van der Waals surface area (Å²) < 4.78 is 1.64. The second-order valence-corrected chi connectivity index (χ2v) is 3.29. The first-order chi connectivity index (χ1) is 6.59. The van der Waals surface area contributed by atoms with Crippen molar-refractivity contribution in [3.63, 3.8) is 0 Å². The molecule has 0 unspecified atom stereocenters. The van der Waals surface area contributed by atoms with Crippen LogP contribution in [0.2, 0.25) is 5.28 Å². The van der Waals surface area contributed by atoms with Crippen LogP contribution in [0.1, 0.15) is 10.4 Å². The minimum atomic E-state index is -0.954. The van der Waals surface area contributed by atoms with Crippen molar-refractivity contribution in [2.75, 3.05) is 0 Å². The van der Waals surface area contributed by atoms with Gasteiger partial charge in [0.2, 0.25) is 5.28 Å². The summed E-state index contributed by atoms with van der Waals surface area (Å²) >= 11 is 5.79. The van der Waals surface area contributed by atoms with Crippen molar-refractivity contribution in [3.05, 3.63) is 29.0 Å². The summed E-state index contributed by atoms with van der Waals surface area (Å²) in [6.07, 6.45) is 0. The molecule has 0 saturated carbocycles. The van der Waals surface area contributed by atoms with Crippen LogP contribution in [-0.4, -0.2) is 20.6 Å². The van der Waals surface area contributed by atoms with E-state index < -0.39 is 5.97 Å². The van der Waals surface area contributed by atoms with Crippen LogP contribution in [0, 0.1) is 0 Å². The van der Waals surface area contributed by atoms with Gasteiger partial charge in [0.05, 0.1) is 16.6 Å². The zero-order chi connectivity index (χ0) is 10.3. The van der Waals surface area contributed by atoms with Gasteiger partial charge in [0.25, 0.3) is 0 Å². The maximum absolute atomic E-state index is 10.7. The Kier molecular flexibility index (Phi) is 1.93. The van der Waals surface area contributed by atoms with Crippen molar-refractivity contribution in [2.45, 2.75) is 0 Å². The quantitative estimate of drug-likeness (QED) is 0.783. The van der Waals surface area contributed by atoms with Crippen LogP contribution in [0.5, 0.6) is 0 Å². The van der Waals surface area contributed by atoms with Gasteiger partial charge in [0, 0.05) is 7.05 Å². The maximum Gasteiger partial charge on any atom is 0.335 e. The molecule has 0 spiro atoms. The Morgan fingerprint density at radius 3 is 2.93 bits per heavy atom. The molecule has 1 aromatic carbocycles. The van der Waals surface area contributed by atoms with E-state index in [4.69, 9.17) is 16.7 Å². The number of fused-ring (bicyclic) bond motifs is 1. The molecule has 1 aromatic heterocycles. The molecule has 0 fully saturated rings. The summed E-state index contributed by atoms with van der Waals surface area (Å²) in [5.41, 5.74) is 1.65. The molecule has 72 valence electrons. The fourth-order valence-electron chi connectivity index (χ4n) is 1.29. The Morgan fingerprint density at radius 2 is 2.29 bits per heavy atom. The molecule has 2 aromatic rings. The molecule has 0 bridgehead atoms. The topological polar surface area (TPSA) is 55.1 Å². The molecule has 0 aliphatic rings. The van der Waals surface area contributed by atoms with Gasteiger partial charge >= 0.3 is 5.97 Å². The first-order valence-corrected chi connectivity index (χ1v) is 4.32. The second-order valence-electron chi connectivity index (χ2n) is 2.95. The van der Waals surface area contributed by atoms with E-state index in [1.165, 1.54) is 6.07 Å². The van der Waals surface area contributed by atoms with Gasteiger partial charge in [0.1, 0.15) is 0 Å². The molecule has 1 heterocycles. The van der Waals surface area contributed by atoms with E-state index in [1.54, 1.807) is 23.7 Å². The monoisotopic (exact) mass is 210 g/mol. The largest absolute Gasteiger partial charge is 0.478 e. The van der Waals surface area contributed by atoms with E-state index in [2.05, 4.69) is 4.98 Å². The average Bonchev–Trinajstić information content (AvgIpc) is 2.43. The summed E-state index contributed by atoms with van der Waals surface area (Å²) in [6, 6.07) is 4.70. The van der Waals surface area contributed by atoms with Crippen molar-refractivity contribution in [3.8, 4) is 0 Å². The summed E-state index contributed by atoms with van der Waals surface area (Å²) in [6.45, 7) is 0. The van der Waals surface area contributed by atoms with Gasteiger partial charge in [-0.05, 0) is 29.8 Å². The number of hydrogen-bond acceptors (Lipinski definition) is 2. The lowest BCUT2D eigenvalue weighted by Crippen LogP contribution is -1.96. The minimum absolute atomic E-state index is 0.233. The Morgan fingerprint density at radius 1 is 1.57 bits per heavy atom. The molecule has 0 atom stereocenters. The summed E-state index contributed by atoms with van der Waals surface area (Å²) in [5, 5.41) is 9.13. The van der Waals surface area contributed by atoms with Crippen LogP contribution in [0.4, 0.5) is 0 Å². The average molecular weight is 211 g/mol. The predicted octanol–water partition coefficient (Wildman–Crippen LogP) is 1.92. The van der Waals surface area contributed by atoms with E-state index in [9.17, 15) is 4.79 Å². The number of carbonyl (C=O) groups is 1. The smallest absolute Gasteiger partial charge is 0.335 e. The van der Waals surface area contributed by atoms with Gasteiger partial charge in [0.15, 0.2) is 0 Å². The van der Waals surface area contributed by atoms with Crippen LogP contribution >= 0.6 is 11.6 Å². The molecule has 4 nitrogen and oxygen atoms in total. The van der Waals surface area contributed by atoms with Crippen molar-refractivity contribution >= 4 is 28.6 Å². The van der Waals surface area contributed by atoms with Gasteiger partial charge < -0.3 is 9.67 Å². The van der Waals surface area contributed by atoms with Gasteiger partial charge in [-0.25, -0.2) is 9.78 Å². The highest BCUT2D eigenvalue weighted by atomic mass is 35.5. The SMILES string of the molecule is Cn1c(Cl)nc2ccc(C(=O)O)cc21. The zero-order valence-electron chi connectivity index (χ0n) is 7.36. The first-order valence-electron chi connectivity index (χ1n) is 3.95. The number of hydrogen-bond donors (Lipinski definition) is 1. The van der Waals surface area contributed by atoms with Gasteiger partial charge in [-0.2, -0.15) is 0 Å². The fraction of sp³-hybridized carbons (Fsp3) is 0.111. The minimum Gasteiger partial charge on any atom is -0.478 e. The number of aryl methyl sites for hydroxylation is 1. The molecule has 0 aliphatic heterocycles. The normalized spacial score (nSPS) is 10.7. The Balaban J connectivity index is 2.76. The van der Waals surface area contributed by atoms with Gasteiger partial charge in [-0.15, -0.1) is 0 Å². The van der Waals surface area contributed by atoms with E-state index in [1.807, 2.05) is 0 Å². The fourth-order valence-corrected chi connectivity index (χ4v) is 1.48. The number of halogens is 1. The van der Waals surface area contributed by atoms with Crippen LogP contribution in [0.3, 0.4) is 0 Å². The molecule has 1 N–H and O–H groups in total. The van der Waals surface area contributed by atoms with E-state index >= 15 is 0 Å². The number of aromatic nitrogens is 2. The first kappa shape index (κ1) is 9.02. The highest BCUT2D eigenvalue weighted by Crippen LogP contribution is 2.19. The summed E-state index contributed by atoms with van der Waals surface area (Å²) in [7, 11) is 1.74. The number of nitrogens with zero attached hydrogens (tertiary/aromatic N) is 2. The number of carboxylic acid groups (broad SMARTS) is 1. The Hall–Kier alpha value is -1.55. The molecule has 14 heavy (non-hydrogen) atoms. The molecule has 2 rings (SSSR count). The third-order valence-corrected chi connectivity index (χ3v) is 2.41. The standard InChI is InChI=1S/C9H7ClN2O2/c1-12-7-4-5(8(13)14)2-3-6(7)11-9(12)10/h2-4H,1H3,(H,13,14). The Bertz CT molecular complexity index is 519. The van der Waals surface area contributed by atoms with Crippen molar-refractivity contribution in [2.24, 2.45) is 7.05 Å². The third-order valence-electron chi connectivity index (χ3n) is 2.07. The molecule has 0 aliphatic carbocycles. The lowest BCUT2D eigenvalue weighted by Gasteiger charge is -1.96. The molecule has 0 saturated heterocycles. The van der Waals surface area contributed by atoms with Crippen LogP contribution < -0.4 is 0 Å². The van der Waals surface area contributed by atoms with E-state index in [-0.39, 0.29) is 5.56 Å². The highest BCUT2D eigenvalue weighted by Gasteiger charge is 2.08. The van der Waals surface area contributed by atoms with Gasteiger partial charge in [-0.3, -0.25) is 0 Å². The highest BCUT2D eigenvalue weighted by molar-refractivity contribution is 6.29. The van der Waals surface area contributed by atoms with Gasteiger partial charge in [-0.1, -0.05) is 0 Å². The second kappa shape index (κ2) is 2.99. The number of carboxylic acids is 1. The lowest BCUT2D eigenvalue weighted by atomic mass is 10.2. The lowest BCUT2D eigenvalue weighted by molar-refractivity contribution is 0.0697. The molecular formula is C9H7ClN2O2. The van der Waals surface area contributed by atoms with Crippen LogP contribution in [0.25, 0.3) is 11.0 Å². The number of aromatic carboxylic acids is 1. The Labute approximate surface area is 84.7 Å². The summed E-state index contributed by atoms with van der Waals surface area (Å²) in [5.74, 6) is -0.954. The number of benzene rings is 1. The van der Waals surface area contributed by atoms with Crippen molar-refractivity contribution < 1.29 is 9.90 Å². The van der Waals surface area contributed by atoms with E-state index in [0.717, 1.165) is 5.52 Å². The van der Waals surface area contributed by atoms with E-state index in [0.29, 0.717) is 10.8 Å². The molecule has 5 heteroatoms. The van der Waals surface area contributed by atoms with Crippen LogP contribution in [-0.2, 0) is 7.05 Å². The maximum atomic E-state index is 10.7. The third kappa shape index (κ3) is 1.24. The number of rotatable bonds is 1. The molecule has 0 radical (unpaired) electrons. The van der Waals surface area contributed by atoms with Crippen molar-refractivity contribution in [1.82, 2.24) is 9.55 Å². The van der Waals surface area contributed by atoms with Crippen LogP contribution in [0.15, 0.2) is 18.2 Å². The van der Waals surface area contributed by atoms with Crippen molar-refractivity contribution in [1.29, 1.82) is 0 Å². The molecular weight excluding hydrogens is 204 g/mol. The molecule has 0 amide bonds. The number of imidazole rings is 1. The summed E-state index contributed by atoms with van der Waals surface area (Å²) in [4.78, 5) is 14.7.